The van der Waals surface area contributed by atoms with Gasteiger partial charge in [-0.2, -0.15) is 9.57 Å². The van der Waals surface area contributed by atoms with E-state index in [1.807, 2.05) is 6.07 Å². The lowest BCUT2D eigenvalue weighted by molar-refractivity contribution is 0.339. The fourth-order valence-corrected chi connectivity index (χ4v) is 4.65. The van der Waals surface area contributed by atoms with E-state index in [4.69, 9.17) is 5.26 Å². The van der Waals surface area contributed by atoms with Crippen LogP contribution in [0.3, 0.4) is 0 Å². The zero-order valence-corrected chi connectivity index (χ0v) is 11.9. The van der Waals surface area contributed by atoms with E-state index in [1.165, 1.54) is 6.07 Å². The molecule has 20 heavy (non-hydrogen) atoms. The highest BCUT2D eigenvalue weighted by molar-refractivity contribution is 7.89. The Bertz CT molecular complexity index is 637. The summed E-state index contributed by atoms with van der Waals surface area (Å²) >= 11 is 0. The summed E-state index contributed by atoms with van der Waals surface area (Å²) in [5, 5.41) is 12.3. The van der Waals surface area contributed by atoms with Crippen LogP contribution in [0.1, 0.15) is 18.4 Å². The molecule has 0 aliphatic carbocycles. The lowest BCUT2D eigenvalue weighted by Crippen LogP contribution is -2.41. The van der Waals surface area contributed by atoms with Gasteiger partial charge in [0.15, 0.2) is 0 Å². The molecule has 1 aromatic rings. The summed E-state index contributed by atoms with van der Waals surface area (Å²) in [4.78, 5) is 0.218. The molecule has 0 bridgehead atoms. The van der Waals surface area contributed by atoms with E-state index in [0.29, 0.717) is 24.6 Å². The molecule has 0 amide bonds. The van der Waals surface area contributed by atoms with Crippen LogP contribution in [0.25, 0.3) is 0 Å². The number of nitrogens with zero attached hydrogens (tertiary/aromatic N) is 2. The molecule has 2 aliphatic rings. The van der Waals surface area contributed by atoms with Crippen LogP contribution in [0.5, 0.6) is 0 Å². The van der Waals surface area contributed by atoms with Crippen molar-refractivity contribution >= 4 is 10.0 Å². The van der Waals surface area contributed by atoms with Gasteiger partial charge in [-0.15, -0.1) is 0 Å². The van der Waals surface area contributed by atoms with Crippen LogP contribution in [0.15, 0.2) is 29.2 Å². The summed E-state index contributed by atoms with van der Waals surface area (Å²) in [6, 6.07) is 8.50. The highest BCUT2D eigenvalue weighted by Gasteiger charge is 2.40. The summed E-state index contributed by atoms with van der Waals surface area (Å²) in [6.45, 7) is 2.08. The van der Waals surface area contributed by atoms with E-state index in [2.05, 4.69) is 5.32 Å². The molecular weight excluding hydrogens is 274 g/mol. The van der Waals surface area contributed by atoms with E-state index < -0.39 is 10.0 Å². The van der Waals surface area contributed by atoms with Crippen LogP contribution in [0, 0.1) is 17.2 Å². The number of hydrogen-bond donors (Lipinski definition) is 1. The Kier molecular flexibility index (Phi) is 3.50. The zero-order chi connectivity index (χ0) is 14.2. The van der Waals surface area contributed by atoms with Crippen LogP contribution in [-0.2, 0) is 10.0 Å². The topological polar surface area (TPSA) is 73.2 Å². The van der Waals surface area contributed by atoms with Gasteiger partial charge in [-0.1, -0.05) is 6.07 Å². The van der Waals surface area contributed by atoms with Crippen LogP contribution < -0.4 is 5.32 Å². The monoisotopic (exact) mass is 291 g/mol. The van der Waals surface area contributed by atoms with Gasteiger partial charge in [0.25, 0.3) is 0 Å². The van der Waals surface area contributed by atoms with Crippen molar-refractivity contribution in [1.29, 1.82) is 5.26 Å². The average molecular weight is 291 g/mol. The van der Waals surface area contributed by atoms with E-state index in [1.54, 1.807) is 22.5 Å². The highest BCUT2D eigenvalue weighted by Crippen LogP contribution is 2.29. The Labute approximate surface area is 119 Å². The molecule has 2 saturated heterocycles. The standard InChI is InChI=1S/C14H17N3O2S/c15-8-11-3-1-5-13(7-11)20(18,19)17-9-12-4-2-6-16-14(12)10-17/h1,3,5,7,12,14,16H,2,4,6,9-10H2/t12-,14+/m0/s1. The maximum absolute atomic E-state index is 12.6. The van der Waals surface area contributed by atoms with Crippen LogP contribution >= 0.6 is 0 Å². The molecular formula is C14H17N3O2S. The molecule has 2 atom stereocenters. The van der Waals surface area contributed by atoms with Crippen molar-refractivity contribution in [2.45, 2.75) is 23.8 Å². The third kappa shape index (κ3) is 2.33. The van der Waals surface area contributed by atoms with Crippen LogP contribution in [-0.4, -0.2) is 38.4 Å². The average Bonchev–Trinajstić information content (AvgIpc) is 2.92. The minimum atomic E-state index is -3.49. The van der Waals surface area contributed by atoms with Crippen molar-refractivity contribution < 1.29 is 8.42 Å². The number of hydrogen-bond acceptors (Lipinski definition) is 4. The summed E-state index contributed by atoms with van der Waals surface area (Å²) < 4.78 is 26.8. The van der Waals surface area contributed by atoms with Gasteiger partial charge in [0.05, 0.1) is 16.5 Å². The summed E-state index contributed by atoms with van der Waals surface area (Å²) in [5.41, 5.74) is 0.376. The minimum Gasteiger partial charge on any atom is -0.312 e. The number of fused-ring (bicyclic) bond motifs is 1. The van der Waals surface area contributed by atoms with Gasteiger partial charge in [0.2, 0.25) is 10.0 Å². The minimum absolute atomic E-state index is 0.218. The zero-order valence-electron chi connectivity index (χ0n) is 11.1. The Morgan fingerprint density at radius 2 is 2.20 bits per heavy atom. The van der Waals surface area contributed by atoms with Crippen LogP contribution in [0.2, 0.25) is 0 Å². The molecule has 0 spiro atoms. The van der Waals surface area contributed by atoms with E-state index >= 15 is 0 Å². The Morgan fingerprint density at radius 1 is 1.35 bits per heavy atom. The molecule has 0 saturated carbocycles. The lowest BCUT2D eigenvalue weighted by Gasteiger charge is -2.24. The number of nitrogens with one attached hydrogen (secondary N) is 1. The third-order valence-corrected chi connectivity index (χ3v) is 5.99. The second-order valence-corrected chi connectivity index (χ2v) is 7.36. The molecule has 0 radical (unpaired) electrons. The molecule has 2 aliphatic heterocycles. The van der Waals surface area contributed by atoms with Gasteiger partial charge in [-0.3, -0.25) is 0 Å². The van der Waals surface area contributed by atoms with Gasteiger partial charge in [-0.05, 0) is 43.5 Å². The molecule has 6 heteroatoms. The smallest absolute Gasteiger partial charge is 0.243 e. The van der Waals surface area contributed by atoms with Gasteiger partial charge in [0, 0.05) is 19.1 Å². The Hall–Kier alpha value is -1.42. The summed E-state index contributed by atoms with van der Waals surface area (Å²) in [7, 11) is -3.49. The predicted molar refractivity (Wildman–Crippen MR) is 74.4 cm³/mol. The highest BCUT2D eigenvalue weighted by atomic mass is 32.2. The quantitative estimate of drug-likeness (QED) is 0.880. The Morgan fingerprint density at radius 3 is 2.95 bits per heavy atom. The largest absolute Gasteiger partial charge is 0.312 e. The first-order chi connectivity index (χ1) is 9.61. The number of sulfonamides is 1. The van der Waals surface area contributed by atoms with Crippen molar-refractivity contribution in [1.82, 2.24) is 9.62 Å². The van der Waals surface area contributed by atoms with Crippen molar-refractivity contribution in [2.24, 2.45) is 5.92 Å². The maximum atomic E-state index is 12.6. The van der Waals surface area contributed by atoms with Crippen molar-refractivity contribution in [2.75, 3.05) is 19.6 Å². The number of nitriles is 1. The molecule has 0 unspecified atom stereocenters. The SMILES string of the molecule is N#Cc1cccc(S(=O)(=O)N2C[C@@H]3CCCN[C@@H]3C2)c1. The molecule has 2 heterocycles. The molecule has 2 fully saturated rings. The second-order valence-electron chi connectivity index (χ2n) is 5.42. The van der Waals surface area contributed by atoms with E-state index in [0.717, 1.165) is 19.4 Å². The molecule has 1 aromatic carbocycles. The number of benzene rings is 1. The molecule has 3 rings (SSSR count). The first-order valence-electron chi connectivity index (χ1n) is 6.85. The van der Waals surface area contributed by atoms with Crippen LogP contribution in [0.4, 0.5) is 0 Å². The fraction of sp³-hybridized carbons (Fsp3) is 0.500. The first-order valence-corrected chi connectivity index (χ1v) is 8.29. The number of rotatable bonds is 2. The molecule has 106 valence electrons. The maximum Gasteiger partial charge on any atom is 0.243 e. The lowest BCUT2D eigenvalue weighted by atomic mass is 9.94. The van der Waals surface area contributed by atoms with Gasteiger partial charge < -0.3 is 5.32 Å². The van der Waals surface area contributed by atoms with E-state index in [-0.39, 0.29) is 10.9 Å². The molecule has 0 aromatic heterocycles. The van der Waals surface area contributed by atoms with Crippen molar-refractivity contribution in [3.8, 4) is 6.07 Å². The van der Waals surface area contributed by atoms with Gasteiger partial charge >= 0.3 is 0 Å². The molecule has 5 nitrogen and oxygen atoms in total. The predicted octanol–water partition coefficient (Wildman–Crippen LogP) is 0.931. The summed E-state index contributed by atoms with van der Waals surface area (Å²) in [5.74, 6) is 0.415. The first kappa shape index (κ1) is 13.6. The third-order valence-electron chi connectivity index (χ3n) is 4.17. The Balaban J connectivity index is 1.87. The second kappa shape index (κ2) is 5.17. The molecule has 1 N–H and O–H groups in total. The normalized spacial score (nSPS) is 26.9. The number of piperidine rings is 1. The van der Waals surface area contributed by atoms with Crippen molar-refractivity contribution in [3.05, 3.63) is 29.8 Å². The van der Waals surface area contributed by atoms with E-state index in [9.17, 15) is 8.42 Å². The van der Waals surface area contributed by atoms with Gasteiger partial charge in [0.1, 0.15) is 0 Å². The van der Waals surface area contributed by atoms with Crippen molar-refractivity contribution in [3.63, 3.8) is 0 Å². The fourth-order valence-electron chi connectivity index (χ4n) is 3.08. The summed E-state index contributed by atoms with van der Waals surface area (Å²) in [6.07, 6.45) is 2.20. The van der Waals surface area contributed by atoms with Gasteiger partial charge in [-0.25, -0.2) is 8.42 Å².